The van der Waals surface area contributed by atoms with Crippen LogP contribution in [0.5, 0.6) is 0 Å². The van der Waals surface area contributed by atoms with E-state index in [0.29, 0.717) is 0 Å². The van der Waals surface area contributed by atoms with Crippen LogP contribution in [0.1, 0.15) is 40.5 Å². The second kappa shape index (κ2) is 20.4. The van der Waals surface area contributed by atoms with Crippen molar-refractivity contribution < 1.29 is 39.0 Å². The van der Waals surface area contributed by atoms with Crippen molar-refractivity contribution in [3.63, 3.8) is 0 Å². The average Bonchev–Trinajstić information content (AvgIpc) is 2.81. The smallest absolute Gasteiger partial charge is 0.317 e. The number of carbonyl (C=O) groups excluding carboxylic acids is 4. The number of rotatable bonds is 16. The largest absolute Gasteiger partial charge is 0.481 e. The lowest BCUT2D eigenvalue weighted by atomic mass is 10.2. The van der Waals surface area contributed by atoms with Crippen LogP contribution in [0.3, 0.4) is 0 Å². The van der Waals surface area contributed by atoms with E-state index in [1.165, 1.54) is 0 Å². The summed E-state index contributed by atoms with van der Waals surface area (Å²) in [4.78, 5) is 68.3. The molecule has 0 rings (SSSR count). The molecular formula is C22H42N6O8S2. The van der Waals surface area contributed by atoms with Crippen LogP contribution in [0.15, 0.2) is 0 Å². The van der Waals surface area contributed by atoms with Gasteiger partial charge in [0.25, 0.3) is 0 Å². The minimum Gasteiger partial charge on any atom is -0.481 e. The summed E-state index contributed by atoms with van der Waals surface area (Å²) in [6.45, 7) is 7.09. The van der Waals surface area contributed by atoms with Gasteiger partial charge in [0.05, 0.1) is 11.7 Å². The standard InChI is InChI=1S/2C11H21N3O4S/c1-6(2)13-10(17)7(5-12)14-11(18)8(19-3)4-9(15)16;1-6(2)13-10(16)7(5-12)14-9(15)4-8(19-3)11(17)18/h6-8H,4-5,12H2,1-3H3,(H,13,17)(H,14,18)(H,15,16);6-8H,4-5,12H2,1-3H3,(H,13,16)(H,14,15)(H,17,18). The Kier molecular flexibility index (Phi) is 20.2. The van der Waals surface area contributed by atoms with Gasteiger partial charge in [0, 0.05) is 31.6 Å². The van der Waals surface area contributed by atoms with Crippen LogP contribution in [0.25, 0.3) is 0 Å². The number of nitrogens with two attached hydrogens (primary N) is 2. The van der Waals surface area contributed by atoms with Gasteiger partial charge in [-0.05, 0) is 40.2 Å². The number of hydrogen-bond donors (Lipinski definition) is 8. The second-order valence-corrected chi connectivity index (χ2v) is 10.6. The van der Waals surface area contributed by atoms with Crippen LogP contribution in [-0.4, -0.2) is 106 Å². The summed E-state index contributed by atoms with van der Waals surface area (Å²) < 4.78 is 0. The molecule has 16 heteroatoms. The molecule has 0 spiro atoms. The van der Waals surface area contributed by atoms with Crippen molar-refractivity contribution in [2.45, 2.75) is 75.2 Å². The lowest BCUT2D eigenvalue weighted by Gasteiger charge is -2.20. The molecule has 0 aliphatic carbocycles. The monoisotopic (exact) mass is 582 g/mol. The third-order valence-corrected chi connectivity index (χ3v) is 6.37. The predicted octanol–water partition coefficient (Wildman–Crippen LogP) is -1.68. The maximum Gasteiger partial charge on any atom is 0.317 e. The zero-order chi connectivity index (χ0) is 30.0. The number of amides is 4. The SMILES string of the molecule is CSC(CC(=O)NC(CN)C(=O)NC(C)C)C(=O)O.CSC(CC(=O)O)C(=O)NC(CN)C(=O)NC(C)C. The third kappa shape index (κ3) is 17.0. The number of carboxylic acids is 2. The molecule has 14 nitrogen and oxygen atoms in total. The number of thioether (sulfide) groups is 2. The number of nitrogens with one attached hydrogen (secondary N) is 4. The maximum absolute atomic E-state index is 11.8. The van der Waals surface area contributed by atoms with Gasteiger partial charge in [0.2, 0.25) is 23.6 Å². The zero-order valence-electron chi connectivity index (χ0n) is 22.6. The molecule has 0 bridgehead atoms. The summed E-state index contributed by atoms with van der Waals surface area (Å²) in [6.07, 6.45) is 2.76. The first kappa shape index (κ1) is 37.6. The normalized spacial score (nSPS) is 13.7. The van der Waals surface area contributed by atoms with Crippen molar-refractivity contribution in [2.24, 2.45) is 11.5 Å². The molecule has 4 atom stereocenters. The third-order valence-electron chi connectivity index (χ3n) is 4.49. The molecule has 10 N–H and O–H groups in total. The van der Waals surface area contributed by atoms with Gasteiger partial charge in [-0.15, -0.1) is 11.8 Å². The molecule has 0 saturated heterocycles. The Labute approximate surface area is 231 Å². The van der Waals surface area contributed by atoms with Gasteiger partial charge in [0.1, 0.15) is 17.3 Å². The van der Waals surface area contributed by atoms with Crippen LogP contribution < -0.4 is 32.7 Å². The second-order valence-electron chi connectivity index (χ2n) is 8.57. The van der Waals surface area contributed by atoms with Crippen molar-refractivity contribution in [2.75, 3.05) is 25.6 Å². The molecule has 4 unspecified atom stereocenters. The van der Waals surface area contributed by atoms with Crippen LogP contribution >= 0.6 is 23.5 Å². The molecule has 0 aliphatic rings. The maximum atomic E-state index is 11.8. The Hall–Kier alpha value is -2.56. The van der Waals surface area contributed by atoms with Gasteiger partial charge in [0.15, 0.2) is 0 Å². The molecule has 220 valence electrons. The number of carboxylic acid groups (broad SMARTS) is 2. The summed E-state index contributed by atoms with van der Waals surface area (Å²) >= 11 is 2.19. The molecule has 0 aromatic heterocycles. The molecule has 0 fully saturated rings. The van der Waals surface area contributed by atoms with Crippen molar-refractivity contribution in [3.05, 3.63) is 0 Å². The number of hydrogen-bond acceptors (Lipinski definition) is 10. The van der Waals surface area contributed by atoms with Gasteiger partial charge in [-0.2, -0.15) is 11.8 Å². The van der Waals surface area contributed by atoms with E-state index in [9.17, 15) is 28.8 Å². The molecule has 0 heterocycles. The van der Waals surface area contributed by atoms with E-state index in [-0.39, 0.29) is 49.8 Å². The summed E-state index contributed by atoms with van der Waals surface area (Å²) in [5.74, 6) is -3.87. The molecule has 38 heavy (non-hydrogen) atoms. The summed E-state index contributed by atoms with van der Waals surface area (Å²) in [5.41, 5.74) is 10.9. The van der Waals surface area contributed by atoms with Gasteiger partial charge in [-0.3, -0.25) is 28.8 Å². The molecular weight excluding hydrogens is 540 g/mol. The first-order valence-electron chi connectivity index (χ1n) is 11.7. The van der Waals surface area contributed by atoms with Gasteiger partial charge < -0.3 is 42.9 Å². The van der Waals surface area contributed by atoms with E-state index in [2.05, 4.69) is 21.3 Å². The summed E-state index contributed by atoms with van der Waals surface area (Å²) in [7, 11) is 0. The number of carbonyl (C=O) groups is 6. The Morgan fingerprint density at radius 2 is 1.08 bits per heavy atom. The Balaban J connectivity index is 0. The van der Waals surface area contributed by atoms with Crippen LogP contribution in [0.2, 0.25) is 0 Å². The fourth-order valence-corrected chi connectivity index (χ4v) is 3.74. The van der Waals surface area contributed by atoms with Crippen LogP contribution in [-0.2, 0) is 28.8 Å². The first-order valence-corrected chi connectivity index (χ1v) is 14.3. The fourth-order valence-electron chi connectivity index (χ4n) is 2.63. The number of aliphatic carboxylic acids is 2. The summed E-state index contributed by atoms with van der Waals surface area (Å²) in [6, 6.07) is -1.81. The molecule has 0 aliphatic heterocycles. The molecule has 0 aromatic carbocycles. The van der Waals surface area contributed by atoms with Crippen molar-refractivity contribution in [3.8, 4) is 0 Å². The highest BCUT2D eigenvalue weighted by Crippen LogP contribution is 2.12. The quantitative estimate of drug-likeness (QED) is 0.102. The lowest BCUT2D eigenvalue weighted by molar-refractivity contribution is -0.139. The van der Waals surface area contributed by atoms with Gasteiger partial charge in [-0.1, -0.05) is 0 Å². The van der Waals surface area contributed by atoms with Crippen molar-refractivity contribution in [1.82, 2.24) is 21.3 Å². The van der Waals surface area contributed by atoms with Gasteiger partial charge in [-0.25, -0.2) is 0 Å². The molecule has 4 amide bonds. The minimum absolute atomic E-state index is 0.0404. The van der Waals surface area contributed by atoms with E-state index in [4.69, 9.17) is 21.7 Å². The predicted molar refractivity (Wildman–Crippen MR) is 148 cm³/mol. The fraction of sp³-hybridized carbons (Fsp3) is 0.727. The molecule has 0 radical (unpaired) electrons. The zero-order valence-corrected chi connectivity index (χ0v) is 24.2. The van der Waals surface area contributed by atoms with Crippen molar-refractivity contribution >= 4 is 59.1 Å². The first-order chi connectivity index (χ1) is 17.6. The van der Waals surface area contributed by atoms with Crippen LogP contribution in [0.4, 0.5) is 0 Å². The molecule has 0 saturated carbocycles. The molecule has 0 aromatic rings. The van der Waals surface area contributed by atoms with Crippen molar-refractivity contribution in [1.29, 1.82) is 0 Å². The summed E-state index contributed by atoms with van der Waals surface area (Å²) in [5, 5.41) is 26.1. The minimum atomic E-state index is -1.06. The average molecular weight is 583 g/mol. The topological polar surface area (TPSA) is 243 Å². The van der Waals surface area contributed by atoms with Crippen LogP contribution in [0, 0.1) is 0 Å². The van der Waals surface area contributed by atoms with E-state index in [1.54, 1.807) is 40.2 Å². The highest BCUT2D eigenvalue weighted by molar-refractivity contribution is 8.00. The van der Waals surface area contributed by atoms with E-state index in [1.807, 2.05) is 0 Å². The van der Waals surface area contributed by atoms with E-state index in [0.717, 1.165) is 23.5 Å². The highest BCUT2D eigenvalue weighted by Gasteiger charge is 2.26. The van der Waals surface area contributed by atoms with E-state index < -0.39 is 46.3 Å². The highest BCUT2D eigenvalue weighted by atomic mass is 32.2. The Bertz CT molecular complexity index is 800. The van der Waals surface area contributed by atoms with Gasteiger partial charge >= 0.3 is 11.9 Å². The van der Waals surface area contributed by atoms with E-state index >= 15 is 0 Å². The lowest BCUT2D eigenvalue weighted by Crippen LogP contribution is -2.54. The Morgan fingerprint density at radius 1 is 0.658 bits per heavy atom. The Morgan fingerprint density at radius 3 is 1.39 bits per heavy atom.